The van der Waals surface area contributed by atoms with Gasteiger partial charge in [-0.15, -0.1) is 0 Å². The number of hydrogen-bond donors (Lipinski definition) is 1. The highest BCUT2D eigenvalue weighted by atomic mass is 16.1. The summed E-state index contributed by atoms with van der Waals surface area (Å²) in [4.78, 5) is 12.2. The van der Waals surface area contributed by atoms with Crippen molar-refractivity contribution in [3.8, 4) is 0 Å². The molecule has 2 N–H and O–H groups in total. The standard InChI is InChI=1S/C16H21N3O/c1-3-14-9-15(19(2)18-14)10-16(20)8-12-6-4-5-7-13(12)11-17/h4-7,9H,3,8,10-11,17H2,1-2H3. The lowest BCUT2D eigenvalue weighted by Crippen LogP contribution is -2.12. The molecule has 0 unspecified atom stereocenters. The minimum Gasteiger partial charge on any atom is -0.326 e. The summed E-state index contributed by atoms with van der Waals surface area (Å²) >= 11 is 0. The van der Waals surface area contributed by atoms with E-state index in [0.29, 0.717) is 19.4 Å². The lowest BCUT2D eigenvalue weighted by molar-refractivity contribution is -0.117. The summed E-state index contributed by atoms with van der Waals surface area (Å²) in [7, 11) is 1.88. The molecule has 1 aromatic carbocycles. The Balaban J connectivity index is 2.07. The Morgan fingerprint density at radius 1 is 1.25 bits per heavy atom. The molecule has 1 aromatic heterocycles. The van der Waals surface area contributed by atoms with Gasteiger partial charge in [0, 0.05) is 32.1 Å². The maximum Gasteiger partial charge on any atom is 0.143 e. The number of ketones is 1. The average Bonchev–Trinajstić information content (AvgIpc) is 2.80. The van der Waals surface area contributed by atoms with Crippen LogP contribution in [-0.4, -0.2) is 15.6 Å². The summed E-state index contributed by atoms with van der Waals surface area (Å²) in [5.74, 6) is 0.191. The molecule has 0 atom stereocenters. The van der Waals surface area contributed by atoms with Gasteiger partial charge in [0.1, 0.15) is 5.78 Å². The van der Waals surface area contributed by atoms with E-state index in [-0.39, 0.29) is 5.78 Å². The first-order valence-corrected chi connectivity index (χ1v) is 6.94. The molecule has 1 heterocycles. The Kier molecular flexibility index (Phi) is 4.69. The number of aryl methyl sites for hydroxylation is 2. The third-order valence-electron chi connectivity index (χ3n) is 3.49. The second kappa shape index (κ2) is 6.48. The molecule has 0 aliphatic heterocycles. The fourth-order valence-electron chi connectivity index (χ4n) is 2.32. The molecule has 0 spiro atoms. The Morgan fingerprint density at radius 2 is 1.95 bits per heavy atom. The van der Waals surface area contributed by atoms with E-state index in [2.05, 4.69) is 12.0 Å². The zero-order valence-electron chi connectivity index (χ0n) is 12.1. The second-order valence-electron chi connectivity index (χ2n) is 4.97. The van der Waals surface area contributed by atoms with Gasteiger partial charge in [-0.05, 0) is 23.6 Å². The number of rotatable bonds is 6. The van der Waals surface area contributed by atoms with Crippen LogP contribution in [-0.2, 0) is 37.6 Å². The Morgan fingerprint density at radius 3 is 2.55 bits per heavy atom. The van der Waals surface area contributed by atoms with Gasteiger partial charge in [0.2, 0.25) is 0 Å². The van der Waals surface area contributed by atoms with E-state index in [9.17, 15) is 4.79 Å². The van der Waals surface area contributed by atoms with Gasteiger partial charge in [0.25, 0.3) is 0 Å². The van der Waals surface area contributed by atoms with Crippen molar-refractivity contribution in [3.63, 3.8) is 0 Å². The van der Waals surface area contributed by atoms with Crippen molar-refractivity contribution in [2.75, 3.05) is 0 Å². The quantitative estimate of drug-likeness (QED) is 0.871. The molecular weight excluding hydrogens is 250 g/mol. The minimum absolute atomic E-state index is 0.191. The van der Waals surface area contributed by atoms with E-state index in [1.54, 1.807) is 4.68 Å². The molecule has 106 valence electrons. The number of benzene rings is 1. The van der Waals surface area contributed by atoms with Crippen LogP contribution in [0, 0.1) is 0 Å². The lowest BCUT2D eigenvalue weighted by Gasteiger charge is -2.07. The second-order valence-corrected chi connectivity index (χ2v) is 4.97. The summed E-state index contributed by atoms with van der Waals surface area (Å²) in [6, 6.07) is 9.85. The molecule has 0 bridgehead atoms. The highest BCUT2D eigenvalue weighted by Gasteiger charge is 2.11. The van der Waals surface area contributed by atoms with Crippen molar-refractivity contribution in [2.45, 2.75) is 32.7 Å². The van der Waals surface area contributed by atoms with Gasteiger partial charge >= 0.3 is 0 Å². The first kappa shape index (κ1) is 14.5. The molecule has 4 heteroatoms. The molecule has 4 nitrogen and oxygen atoms in total. The Labute approximate surface area is 119 Å². The van der Waals surface area contributed by atoms with Crippen molar-refractivity contribution in [2.24, 2.45) is 12.8 Å². The highest BCUT2D eigenvalue weighted by molar-refractivity contribution is 5.83. The van der Waals surface area contributed by atoms with Crippen molar-refractivity contribution in [1.29, 1.82) is 0 Å². The van der Waals surface area contributed by atoms with Crippen molar-refractivity contribution in [3.05, 3.63) is 52.8 Å². The molecule has 0 aliphatic rings. The first-order chi connectivity index (χ1) is 9.63. The molecule has 0 fully saturated rings. The van der Waals surface area contributed by atoms with Gasteiger partial charge in [-0.25, -0.2) is 0 Å². The molecule has 2 rings (SSSR count). The predicted octanol–water partition coefficient (Wildman–Crippen LogP) is 1.80. The molecule has 0 amide bonds. The largest absolute Gasteiger partial charge is 0.326 e. The predicted molar refractivity (Wildman–Crippen MR) is 79.3 cm³/mol. The van der Waals surface area contributed by atoms with Crippen LogP contribution in [0.3, 0.4) is 0 Å². The van der Waals surface area contributed by atoms with E-state index >= 15 is 0 Å². The zero-order valence-corrected chi connectivity index (χ0v) is 12.1. The summed E-state index contributed by atoms with van der Waals surface area (Å²) < 4.78 is 1.80. The smallest absolute Gasteiger partial charge is 0.143 e. The fraction of sp³-hybridized carbons (Fsp3) is 0.375. The SMILES string of the molecule is CCc1cc(CC(=O)Cc2ccccc2CN)n(C)n1. The van der Waals surface area contributed by atoms with E-state index in [4.69, 9.17) is 5.73 Å². The molecule has 0 radical (unpaired) electrons. The molecule has 0 saturated carbocycles. The van der Waals surface area contributed by atoms with Gasteiger partial charge < -0.3 is 5.73 Å². The Bertz CT molecular complexity index is 602. The number of carbonyl (C=O) groups excluding carboxylic acids is 1. The molecular formula is C16H21N3O. The van der Waals surface area contributed by atoms with Crippen molar-refractivity contribution >= 4 is 5.78 Å². The van der Waals surface area contributed by atoms with Gasteiger partial charge in [0.05, 0.1) is 5.69 Å². The van der Waals surface area contributed by atoms with Crippen LogP contribution >= 0.6 is 0 Å². The van der Waals surface area contributed by atoms with Crippen LogP contribution < -0.4 is 5.73 Å². The number of aromatic nitrogens is 2. The van der Waals surface area contributed by atoms with Gasteiger partial charge in [-0.3, -0.25) is 9.48 Å². The maximum absolute atomic E-state index is 12.2. The van der Waals surface area contributed by atoms with Crippen LogP contribution in [0.2, 0.25) is 0 Å². The summed E-state index contributed by atoms with van der Waals surface area (Å²) in [5.41, 5.74) is 9.76. The zero-order chi connectivity index (χ0) is 14.5. The van der Waals surface area contributed by atoms with E-state index in [0.717, 1.165) is 28.9 Å². The molecule has 0 aliphatic carbocycles. The average molecular weight is 271 g/mol. The van der Waals surface area contributed by atoms with Crippen molar-refractivity contribution < 1.29 is 4.79 Å². The molecule has 2 aromatic rings. The lowest BCUT2D eigenvalue weighted by atomic mass is 10.0. The summed E-state index contributed by atoms with van der Waals surface area (Å²) in [5, 5.41) is 4.37. The number of nitrogens with two attached hydrogens (primary N) is 1. The number of nitrogens with zero attached hydrogens (tertiary/aromatic N) is 2. The molecule has 0 saturated heterocycles. The summed E-state index contributed by atoms with van der Waals surface area (Å²) in [6.45, 7) is 2.53. The van der Waals surface area contributed by atoms with Crippen LogP contribution in [0.25, 0.3) is 0 Å². The number of Topliss-reactive ketones (excluding diaryl/α,β-unsaturated/α-hetero) is 1. The number of hydrogen-bond acceptors (Lipinski definition) is 3. The van der Waals surface area contributed by atoms with E-state index < -0.39 is 0 Å². The van der Waals surface area contributed by atoms with Crippen LogP contribution in [0.5, 0.6) is 0 Å². The monoisotopic (exact) mass is 271 g/mol. The van der Waals surface area contributed by atoms with Crippen LogP contribution in [0.15, 0.2) is 30.3 Å². The highest BCUT2D eigenvalue weighted by Crippen LogP contribution is 2.11. The third-order valence-corrected chi connectivity index (χ3v) is 3.49. The van der Waals surface area contributed by atoms with Crippen molar-refractivity contribution in [1.82, 2.24) is 9.78 Å². The molecule has 20 heavy (non-hydrogen) atoms. The van der Waals surface area contributed by atoms with Gasteiger partial charge in [0.15, 0.2) is 0 Å². The maximum atomic E-state index is 12.2. The topological polar surface area (TPSA) is 60.9 Å². The van der Waals surface area contributed by atoms with E-state index in [1.807, 2.05) is 37.4 Å². The minimum atomic E-state index is 0.191. The fourth-order valence-corrected chi connectivity index (χ4v) is 2.32. The summed E-state index contributed by atoms with van der Waals surface area (Å²) in [6.07, 6.45) is 1.74. The van der Waals surface area contributed by atoms with E-state index in [1.165, 1.54) is 0 Å². The van der Waals surface area contributed by atoms with Crippen LogP contribution in [0.1, 0.15) is 29.4 Å². The van der Waals surface area contributed by atoms with Gasteiger partial charge in [-0.1, -0.05) is 31.2 Å². The normalized spacial score (nSPS) is 10.8. The third kappa shape index (κ3) is 3.33. The number of carbonyl (C=O) groups is 1. The van der Waals surface area contributed by atoms with Gasteiger partial charge in [-0.2, -0.15) is 5.10 Å². The first-order valence-electron chi connectivity index (χ1n) is 6.94. The van der Waals surface area contributed by atoms with Crippen LogP contribution in [0.4, 0.5) is 0 Å². The Hall–Kier alpha value is -1.94.